The van der Waals surface area contributed by atoms with Crippen molar-refractivity contribution < 1.29 is 9.90 Å². The highest BCUT2D eigenvalue weighted by Crippen LogP contribution is 2.18. The Morgan fingerprint density at radius 1 is 1.50 bits per heavy atom. The van der Waals surface area contributed by atoms with E-state index in [0.717, 1.165) is 18.4 Å². The van der Waals surface area contributed by atoms with Crippen molar-refractivity contribution in [1.29, 1.82) is 0 Å². The van der Waals surface area contributed by atoms with Gasteiger partial charge in [0.25, 0.3) is 0 Å². The van der Waals surface area contributed by atoms with Gasteiger partial charge in [-0.15, -0.1) is 0 Å². The summed E-state index contributed by atoms with van der Waals surface area (Å²) in [6, 6.07) is 2.10. The zero-order valence-corrected chi connectivity index (χ0v) is 11.5. The largest absolute Gasteiger partial charge is 0.388 e. The summed E-state index contributed by atoms with van der Waals surface area (Å²) in [5.74, 6) is 0.0642. The fourth-order valence-corrected chi connectivity index (χ4v) is 1.86. The average molecular weight is 252 g/mol. The van der Waals surface area contributed by atoms with E-state index in [-0.39, 0.29) is 18.1 Å². The van der Waals surface area contributed by atoms with Crippen LogP contribution in [0.1, 0.15) is 51.7 Å². The Labute approximate surface area is 109 Å². The van der Waals surface area contributed by atoms with E-state index in [0.29, 0.717) is 13.0 Å². The molecule has 1 atom stereocenters. The van der Waals surface area contributed by atoms with Crippen molar-refractivity contribution in [3.8, 4) is 0 Å². The topological polar surface area (TPSA) is 54.3 Å². The van der Waals surface area contributed by atoms with Crippen molar-refractivity contribution in [3.63, 3.8) is 0 Å². The number of amides is 1. The summed E-state index contributed by atoms with van der Waals surface area (Å²) in [5.41, 5.74) is 0.932. The summed E-state index contributed by atoms with van der Waals surface area (Å²) < 4.78 is 1.95. The van der Waals surface area contributed by atoms with E-state index in [1.807, 2.05) is 36.9 Å². The molecule has 0 aliphatic heterocycles. The van der Waals surface area contributed by atoms with E-state index in [1.54, 1.807) is 0 Å². The van der Waals surface area contributed by atoms with E-state index < -0.39 is 0 Å². The Morgan fingerprint density at radius 2 is 2.22 bits per heavy atom. The molecule has 4 heteroatoms. The van der Waals surface area contributed by atoms with Crippen molar-refractivity contribution in [1.82, 2.24) is 9.88 Å². The third-order valence-electron chi connectivity index (χ3n) is 2.77. The number of carbonyl (C=O) groups is 1. The summed E-state index contributed by atoms with van der Waals surface area (Å²) in [6.07, 6.45) is 5.65. The molecule has 1 aromatic rings. The first kappa shape index (κ1) is 14.8. The number of aryl methyl sites for hydroxylation is 1. The second-order valence-corrected chi connectivity index (χ2v) is 4.96. The number of aromatic nitrogens is 1. The van der Waals surface area contributed by atoms with Crippen molar-refractivity contribution in [2.45, 2.75) is 58.7 Å². The first-order valence-electron chi connectivity index (χ1n) is 6.66. The molecule has 1 amide bonds. The molecule has 1 aromatic heterocycles. The highest BCUT2D eigenvalue weighted by Gasteiger charge is 2.08. The van der Waals surface area contributed by atoms with Crippen molar-refractivity contribution >= 4 is 5.91 Å². The van der Waals surface area contributed by atoms with Crippen molar-refractivity contribution in [2.24, 2.45) is 0 Å². The van der Waals surface area contributed by atoms with Gasteiger partial charge in [-0.25, -0.2) is 0 Å². The smallest absolute Gasteiger partial charge is 0.221 e. The molecule has 0 spiro atoms. The van der Waals surface area contributed by atoms with Crippen LogP contribution >= 0.6 is 0 Å². The predicted molar refractivity (Wildman–Crippen MR) is 72.2 cm³/mol. The van der Waals surface area contributed by atoms with Crippen molar-refractivity contribution in [3.05, 3.63) is 24.0 Å². The zero-order chi connectivity index (χ0) is 13.5. The average Bonchev–Trinajstić information content (AvgIpc) is 2.74. The summed E-state index contributed by atoms with van der Waals surface area (Å²) in [7, 11) is 0. The minimum Gasteiger partial charge on any atom is -0.388 e. The lowest BCUT2D eigenvalue weighted by molar-refractivity contribution is -0.121. The Kier molecular flexibility index (Phi) is 5.92. The summed E-state index contributed by atoms with van der Waals surface area (Å²) >= 11 is 0. The van der Waals surface area contributed by atoms with Crippen LogP contribution in [0, 0.1) is 0 Å². The normalized spacial score (nSPS) is 12.7. The molecule has 1 unspecified atom stereocenters. The number of aliphatic hydroxyl groups is 1. The van der Waals surface area contributed by atoms with Gasteiger partial charge in [-0.1, -0.05) is 13.3 Å². The van der Waals surface area contributed by atoms with Gasteiger partial charge in [0.2, 0.25) is 5.91 Å². The predicted octanol–water partition coefficient (Wildman–Crippen LogP) is 2.24. The first-order valence-corrected chi connectivity index (χ1v) is 6.66. The molecule has 0 aromatic carbocycles. The Hall–Kier alpha value is -1.29. The first-order chi connectivity index (χ1) is 8.52. The molecule has 1 heterocycles. The van der Waals surface area contributed by atoms with Crippen LogP contribution in [-0.2, 0) is 11.3 Å². The maximum atomic E-state index is 11.5. The highest BCUT2D eigenvalue weighted by molar-refractivity contribution is 5.76. The van der Waals surface area contributed by atoms with Gasteiger partial charge in [-0.05, 0) is 31.9 Å². The minimum absolute atomic E-state index is 0.0642. The molecule has 0 fully saturated rings. The number of carbonyl (C=O) groups excluding carboxylic acids is 1. The number of hydrogen-bond acceptors (Lipinski definition) is 2. The molecule has 0 bridgehead atoms. The lowest BCUT2D eigenvalue weighted by Crippen LogP contribution is -2.30. The lowest BCUT2D eigenvalue weighted by atomic mass is 10.1. The van der Waals surface area contributed by atoms with Gasteiger partial charge in [-0.3, -0.25) is 4.79 Å². The van der Waals surface area contributed by atoms with E-state index >= 15 is 0 Å². The second-order valence-electron chi connectivity index (χ2n) is 4.96. The van der Waals surface area contributed by atoms with Crippen LogP contribution in [0.15, 0.2) is 18.5 Å². The number of rotatable bonds is 7. The van der Waals surface area contributed by atoms with Crippen LogP contribution in [0.25, 0.3) is 0 Å². The van der Waals surface area contributed by atoms with E-state index in [4.69, 9.17) is 0 Å². The molecule has 4 nitrogen and oxygen atoms in total. The van der Waals surface area contributed by atoms with E-state index in [1.165, 1.54) is 0 Å². The summed E-state index contributed by atoms with van der Waals surface area (Å²) in [4.78, 5) is 11.5. The fourth-order valence-electron chi connectivity index (χ4n) is 1.86. The molecule has 102 valence electrons. The lowest BCUT2D eigenvalue weighted by Gasteiger charge is -2.09. The van der Waals surface area contributed by atoms with Gasteiger partial charge in [0.15, 0.2) is 0 Å². The van der Waals surface area contributed by atoms with Crippen LogP contribution in [0.5, 0.6) is 0 Å². The molecule has 0 radical (unpaired) electrons. The third-order valence-corrected chi connectivity index (χ3v) is 2.77. The molecule has 0 saturated heterocycles. The molecular formula is C14H24N2O2. The third kappa shape index (κ3) is 4.92. The Balaban J connectivity index is 2.42. The fraction of sp³-hybridized carbons (Fsp3) is 0.643. The van der Waals surface area contributed by atoms with Gasteiger partial charge in [0.05, 0.1) is 6.10 Å². The van der Waals surface area contributed by atoms with Gasteiger partial charge in [0, 0.05) is 31.4 Å². The van der Waals surface area contributed by atoms with Crippen LogP contribution < -0.4 is 5.32 Å². The quantitative estimate of drug-likeness (QED) is 0.782. The second kappa shape index (κ2) is 7.21. The Morgan fingerprint density at radius 3 is 2.83 bits per heavy atom. The molecular weight excluding hydrogens is 228 g/mol. The summed E-state index contributed by atoms with van der Waals surface area (Å²) in [5, 5.41) is 12.7. The molecule has 18 heavy (non-hydrogen) atoms. The van der Waals surface area contributed by atoms with E-state index in [2.05, 4.69) is 12.2 Å². The number of nitrogens with one attached hydrogen (secondary N) is 1. The van der Waals surface area contributed by atoms with Crippen LogP contribution in [0.2, 0.25) is 0 Å². The highest BCUT2D eigenvalue weighted by atomic mass is 16.3. The maximum Gasteiger partial charge on any atom is 0.221 e. The minimum atomic E-state index is -0.388. The zero-order valence-electron chi connectivity index (χ0n) is 11.5. The molecule has 0 aliphatic carbocycles. The SMILES string of the molecule is CCCC(O)c1ccn(CCC(=O)NC(C)C)c1. The molecule has 0 saturated carbocycles. The number of aliphatic hydroxyl groups excluding tert-OH is 1. The number of hydrogen-bond donors (Lipinski definition) is 2. The van der Waals surface area contributed by atoms with Crippen LogP contribution in [0.3, 0.4) is 0 Å². The Bertz CT molecular complexity index is 372. The van der Waals surface area contributed by atoms with E-state index in [9.17, 15) is 9.90 Å². The van der Waals surface area contributed by atoms with Gasteiger partial charge in [-0.2, -0.15) is 0 Å². The maximum absolute atomic E-state index is 11.5. The van der Waals surface area contributed by atoms with Gasteiger partial charge < -0.3 is 15.0 Å². The number of nitrogens with zero attached hydrogens (tertiary/aromatic N) is 1. The van der Waals surface area contributed by atoms with Crippen molar-refractivity contribution in [2.75, 3.05) is 0 Å². The molecule has 1 rings (SSSR count). The monoisotopic (exact) mass is 252 g/mol. The van der Waals surface area contributed by atoms with Gasteiger partial charge in [0.1, 0.15) is 0 Å². The van der Waals surface area contributed by atoms with Crippen LogP contribution in [-0.4, -0.2) is 21.6 Å². The molecule has 2 N–H and O–H groups in total. The summed E-state index contributed by atoms with van der Waals surface area (Å²) in [6.45, 7) is 6.60. The molecule has 0 aliphatic rings. The van der Waals surface area contributed by atoms with Crippen LogP contribution in [0.4, 0.5) is 0 Å². The van der Waals surface area contributed by atoms with Gasteiger partial charge >= 0.3 is 0 Å². The standard InChI is InChI=1S/C14H24N2O2/c1-4-5-13(17)12-6-8-16(10-12)9-7-14(18)15-11(2)3/h6,8,10-11,13,17H,4-5,7,9H2,1-3H3,(H,15,18).